The van der Waals surface area contributed by atoms with Crippen molar-refractivity contribution in [2.45, 2.75) is 38.1 Å². The van der Waals surface area contributed by atoms with Crippen LogP contribution in [0, 0.1) is 0 Å². The molecule has 0 radical (unpaired) electrons. The van der Waals surface area contributed by atoms with Gasteiger partial charge < -0.3 is 19.8 Å². The molecule has 3 rings (SSSR count). The van der Waals surface area contributed by atoms with Crippen molar-refractivity contribution in [3.63, 3.8) is 0 Å². The molecule has 1 aromatic heterocycles. The molecular formula is C23H35IN4O2. The predicted octanol–water partition coefficient (Wildman–Crippen LogP) is 4.19. The Hall–Kier alpha value is -1.74. The quantitative estimate of drug-likeness (QED) is 0.307. The smallest absolute Gasteiger partial charge is 0.191 e. The van der Waals surface area contributed by atoms with Gasteiger partial charge in [0.05, 0.1) is 19.4 Å². The summed E-state index contributed by atoms with van der Waals surface area (Å²) >= 11 is 0. The Labute approximate surface area is 197 Å². The van der Waals surface area contributed by atoms with Gasteiger partial charge in [-0.1, -0.05) is 26.0 Å². The van der Waals surface area contributed by atoms with Crippen LogP contribution in [0.3, 0.4) is 0 Å². The molecule has 0 amide bonds. The highest BCUT2D eigenvalue weighted by Gasteiger charge is 2.26. The van der Waals surface area contributed by atoms with Crippen molar-refractivity contribution >= 4 is 29.9 Å². The first kappa shape index (κ1) is 24.5. The van der Waals surface area contributed by atoms with Gasteiger partial charge >= 0.3 is 0 Å². The van der Waals surface area contributed by atoms with E-state index in [1.54, 1.807) is 13.4 Å². The maximum atomic E-state index is 5.71. The van der Waals surface area contributed by atoms with Crippen molar-refractivity contribution in [1.82, 2.24) is 15.5 Å². The summed E-state index contributed by atoms with van der Waals surface area (Å²) in [6.45, 7) is 8.22. The Morgan fingerprint density at radius 3 is 2.43 bits per heavy atom. The molecule has 1 unspecified atom stereocenters. The van der Waals surface area contributed by atoms with Gasteiger partial charge in [-0.15, -0.1) is 24.0 Å². The van der Waals surface area contributed by atoms with Crippen molar-refractivity contribution in [2.75, 3.05) is 40.3 Å². The summed E-state index contributed by atoms with van der Waals surface area (Å²) in [5.41, 5.74) is 1.21. The molecule has 1 fully saturated rings. The summed E-state index contributed by atoms with van der Waals surface area (Å²) in [6, 6.07) is 12.5. The van der Waals surface area contributed by atoms with Gasteiger partial charge in [-0.25, -0.2) is 0 Å². The van der Waals surface area contributed by atoms with Crippen molar-refractivity contribution in [3.05, 3.63) is 54.0 Å². The predicted molar refractivity (Wildman–Crippen MR) is 133 cm³/mol. The molecule has 166 valence electrons. The van der Waals surface area contributed by atoms with Gasteiger partial charge in [0.2, 0.25) is 0 Å². The van der Waals surface area contributed by atoms with Crippen LogP contribution >= 0.6 is 24.0 Å². The molecule has 1 atom stereocenters. The van der Waals surface area contributed by atoms with Gasteiger partial charge in [0, 0.05) is 25.6 Å². The van der Waals surface area contributed by atoms with Crippen LogP contribution < -0.4 is 15.4 Å². The maximum Gasteiger partial charge on any atom is 0.191 e. The SMILES string of the molecule is CN=C(NCC(c1ccco1)N1CCCC1)NCC(C)(C)c1ccc(OC)cc1.I. The zero-order chi connectivity index (χ0) is 20.7. The summed E-state index contributed by atoms with van der Waals surface area (Å²) in [5, 5.41) is 6.98. The molecule has 30 heavy (non-hydrogen) atoms. The average Bonchev–Trinajstić information content (AvgIpc) is 3.45. The Balaban J connectivity index is 0.00000320. The molecule has 0 bridgehead atoms. The van der Waals surface area contributed by atoms with Crippen LogP contribution in [0.15, 0.2) is 52.1 Å². The van der Waals surface area contributed by atoms with E-state index in [1.165, 1.54) is 18.4 Å². The third-order valence-corrected chi connectivity index (χ3v) is 5.71. The number of ether oxygens (including phenoxy) is 1. The van der Waals surface area contributed by atoms with Gasteiger partial charge in [-0.05, 0) is 55.8 Å². The minimum absolute atomic E-state index is 0. The third kappa shape index (κ3) is 6.38. The van der Waals surface area contributed by atoms with E-state index in [-0.39, 0.29) is 35.4 Å². The van der Waals surface area contributed by atoms with E-state index in [1.807, 2.05) is 25.2 Å². The number of halogens is 1. The molecule has 0 aliphatic carbocycles. The molecule has 6 nitrogen and oxygen atoms in total. The molecule has 2 aromatic rings. The summed E-state index contributed by atoms with van der Waals surface area (Å²) in [6.07, 6.45) is 4.25. The molecular weight excluding hydrogens is 491 g/mol. The van der Waals surface area contributed by atoms with Gasteiger partial charge in [-0.3, -0.25) is 9.89 Å². The van der Waals surface area contributed by atoms with Crippen LogP contribution in [-0.2, 0) is 5.41 Å². The second kappa shape index (κ2) is 11.6. The van der Waals surface area contributed by atoms with E-state index < -0.39 is 0 Å². The Morgan fingerprint density at radius 2 is 1.87 bits per heavy atom. The minimum atomic E-state index is -0.0424. The Kier molecular flexibility index (Phi) is 9.48. The number of benzene rings is 1. The fourth-order valence-electron chi connectivity index (χ4n) is 3.81. The first-order valence-electron chi connectivity index (χ1n) is 10.4. The lowest BCUT2D eigenvalue weighted by molar-refractivity contribution is 0.215. The lowest BCUT2D eigenvalue weighted by Gasteiger charge is -2.29. The fourth-order valence-corrected chi connectivity index (χ4v) is 3.81. The van der Waals surface area contributed by atoms with Gasteiger partial charge in [0.1, 0.15) is 11.5 Å². The van der Waals surface area contributed by atoms with Crippen LogP contribution in [-0.4, -0.2) is 51.2 Å². The number of hydrogen-bond acceptors (Lipinski definition) is 4. The van der Waals surface area contributed by atoms with Crippen molar-refractivity contribution in [3.8, 4) is 5.75 Å². The number of likely N-dealkylation sites (tertiary alicyclic amines) is 1. The lowest BCUT2D eigenvalue weighted by atomic mass is 9.84. The van der Waals surface area contributed by atoms with Gasteiger partial charge in [0.15, 0.2) is 5.96 Å². The first-order chi connectivity index (χ1) is 14.0. The Morgan fingerprint density at radius 1 is 1.17 bits per heavy atom. The number of aliphatic imine (C=N–C) groups is 1. The maximum absolute atomic E-state index is 5.71. The van der Waals surface area contributed by atoms with Crippen molar-refractivity contribution in [1.29, 1.82) is 0 Å². The van der Waals surface area contributed by atoms with E-state index in [4.69, 9.17) is 9.15 Å². The molecule has 2 N–H and O–H groups in total. The molecule has 1 aromatic carbocycles. The van der Waals surface area contributed by atoms with E-state index in [9.17, 15) is 0 Å². The van der Waals surface area contributed by atoms with E-state index in [0.29, 0.717) is 0 Å². The van der Waals surface area contributed by atoms with Crippen LogP contribution in [0.2, 0.25) is 0 Å². The number of hydrogen-bond donors (Lipinski definition) is 2. The monoisotopic (exact) mass is 526 g/mol. The molecule has 0 spiro atoms. The minimum Gasteiger partial charge on any atom is -0.497 e. The van der Waals surface area contributed by atoms with Crippen LogP contribution in [0.4, 0.5) is 0 Å². The number of nitrogens with zero attached hydrogens (tertiary/aromatic N) is 2. The molecule has 1 saturated heterocycles. The second-order valence-electron chi connectivity index (χ2n) is 8.19. The normalized spacial score (nSPS) is 16.1. The largest absolute Gasteiger partial charge is 0.497 e. The average molecular weight is 526 g/mol. The zero-order valence-corrected chi connectivity index (χ0v) is 20.8. The fraction of sp³-hybridized carbons (Fsp3) is 0.522. The number of guanidine groups is 1. The molecule has 1 aliphatic heterocycles. The first-order valence-corrected chi connectivity index (χ1v) is 10.4. The molecule has 1 aliphatic rings. The van der Waals surface area contributed by atoms with E-state index in [2.05, 4.69) is 52.6 Å². The van der Waals surface area contributed by atoms with Gasteiger partial charge in [-0.2, -0.15) is 0 Å². The zero-order valence-electron chi connectivity index (χ0n) is 18.5. The lowest BCUT2D eigenvalue weighted by Crippen LogP contribution is -2.46. The summed E-state index contributed by atoms with van der Waals surface area (Å²) in [4.78, 5) is 6.90. The molecule has 7 heteroatoms. The van der Waals surface area contributed by atoms with Gasteiger partial charge in [0.25, 0.3) is 0 Å². The summed E-state index contributed by atoms with van der Waals surface area (Å²) < 4.78 is 11.0. The highest BCUT2D eigenvalue weighted by Crippen LogP contribution is 2.26. The number of nitrogens with one attached hydrogen (secondary N) is 2. The van der Waals surface area contributed by atoms with E-state index >= 15 is 0 Å². The molecule has 2 heterocycles. The molecule has 0 saturated carbocycles. The number of methoxy groups -OCH3 is 1. The van der Waals surface area contributed by atoms with Crippen LogP contribution in [0.5, 0.6) is 5.75 Å². The topological polar surface area (TPSA) is 62.0 Å². The van der Waals surface area contributed by atoms with Crippen LogP contribution in [0.25, 0.3) is 0 Å². The van der Waals surface area contributed by atoms with Crippen molar-refractivity contribution in [2.24, 2.45) is 4.99 Å². The second-order valence-corrected chi connectivity index (χ2v) is 8.19. The highest BCUT2D eigenvalue weighted by atomic mass is 127. The van der Waals surface area contributed by atoms with Crippen LogP contribution in [0.1, 0.15) is 44.1 Å². The Bertz CT molecular complexity index is 769. The van der Waals surface area contributed by atoms with Crippen molar-refractivity contribution < 1.29 is 9.15 Å². The summed E-state index contributed by atoms with van der Waals surface area (Å²) in [7, 11) is 3.50. The third-order valence-electron chi connectivity index (χ3n) is 5.71. The highest BCUT2D eigenvalue weighted by molar-refractivity contribution is 14.0. The standard InChI is InChI=1S/C23H34N4O2.HI/c1-23(2,18-9-11-19(28-4)12-10-18)17-26-22(24-3)25-16-20(21-8-7-15-29-21)27-13-5-6-14-27;/h7-12,15,20H,5-6,13-14,16-17H2,1-4H3,(H2,24,25,26);1H. The van der Waals surface area contributed by atoms with E-state index in [0.717, 1.165) is 43.6 Å². The number of furan rings is 1. The number of rotatable bonds is 8. The summed E-state index contributed by atoms with van der Waals surface area (Å²) in [5.74, 6) is 2.69.